The molecule has 2 rings (SSSR count). The fourth-order valence-corrected chi connectivity index (χ4v) is 4.29. The fourth-order valence-electron chi connectivity index (χ4n) is 1.71. The van der Waals surface area contributed by atoms with Crippen LogP contribution in [0.1, 0.15) is 18.3 Å². The van der Waals surface area contributed by atoms with Crippen LogP contribution in [0.15, 0.2) is 8.68 Å². The zero-order valence-corrected chi connectivity index (χ0v) is 14.9. The summed E-state index contributed by atoms with van der Waals surface area (Å²) < 4.78 is 3.48. The van der Waals surface area contributed by atoms with E-state index in [1.807, 2.05) is 34.1 Å². The molecular formula is C12H17N5OS3. The number of nitrogens with one attached hydrogen (secondary N) is 1. The van der Waals surface area contributed by atoms with Crippen molar-refractivity contribution in [1.29, 1.82) is 0 Å². The van der Waals surface area contributed by atoms with Gasteiger partial charge in [-0.25, -0.2) is 0 Å². The van der Waals surface area contributed by atoms with Gasteiger partial charge in [-0.3, -0.25) is 9.48 Å². The predicted octanol–water partition coefficient (Wildman–Crippen LogP) is 2.73. The van der Waals surface area contributed by atoms with Gasteiger partial charge in [-0.1, -0.05) is 34.9 Å². The molecule has 0 aliphatic carbocycles. The third-order valence-electron chi connectivity index (χ3n) is 2.97. The largest absolute Gasteiger partial charge is 0.322 e. The van der Waals surface area contributed by atoms with Gasteiger partial charge in [-0.15, -0.1) is 10.2 Å². The number of aryl methyl sites for hydroxylation is 2. The summed E-state index contributed by atoms with van der Waals surface area (Å²) in [5.74, 6) is -0.0555. The van der Waals surface area contributed by atoms with Crippen molar-refractivity contribution in [3.63, 3.8) is 0 Å². The van der Waals surface area contributed by atoms with Crippen LogP contribution in [-0.2, 0) is 11.8 Å². The van der Waals surface area contributed by atoms with Gasteiger partial charge >= 0.3 is 0 Å². The normalized spacial score (nSPS) is 12.4. The molecule has 6 nitrogen and oxygen atoms in total. The van der Waals surface area contributed by atoms with E-state index in [0.717, 1.165) is 25.8 Å². The second-order valence-corrected chi connectivity index (χ2v) is 8.08. The van der Waals surface area contributed by atoms with Crippen molar-refractivity contribution in [2.24, 2.45) is 7.05 Å². The standard InChI is InChI=1S/C12H17N5OS3/c1-6-9(7(2)17(4)16-6)13-10(18)8(3)20-12-15-14-11(19-5)21-12/h8H,1-5H3,(H,13,18)/t8-/m1/s1. The number of hydrogen-bond acceptors (Lipinski definition) is 7. The van der Waals surface area contributed by atoms with Crippen molar-refractivity contribution in [2.45, 2.75) is 34.7 Å². The van der Waals surface area contributed by atoms with Crippen molar-refractivity contribution < 1.29 is 4.79 Å². The molecule has 2 aromatic rings. The summed E-state index contributed by atoms with van der Waals surface area (Å²) in [7, 11) is 1.86. The molecule has 0 bridgehead atoms. The lowest BCUT2D eigenvalue weighted by Crippen LogP contribution is -2.23. The summed E-state index contributed by atoms with van der Waals surface area (Å²) in [6.07, 6.45) is 1.96. The first-order chi connectivity index (χ1) is 9.92. The lowest BCUT2D eigenvalue weighted by molar-refractivity contribution is -0.115. The fraction of sp³-hybridized carbons (Fsp3) is 0.500. The van der Waals surface area contributed by atoms with Crippen LogP contribution >= 0.6 is 34.9 Å². The molecule has 2 aromatic heterocycles. The monoisotopic (exact) mass is 343 g/mol. The number of carbonyl (C=O) groups excluding carboxylic acids is 1. The summed E-state index contributed by atoms with van der Waals surface area (Å²) in [5.41, 5.74) is 2.55. The first-order valence-corrected chi connectivity index (χ1v) is 9.19. The molecule has 0 aliphatic rings. The Kier molecular flexibility index (Phi) is 5.28. The molecule has 0 spiro atoms. The van der Waals surface area contributed by atoms with Crippen molar-refractivity contribution in [2.75, 3.05) is 11.6 Å². The quantitative estimate of drug-likeness (QED) is 0.842. The molecular weight excluding hydrogens is 326 g/mol. The van der Waals surface area contributed by atoms with Gasteiger partial charge < -0.3 is 5.32 Å². The minimum Gasteiger partial charge on any atom is -0.322 e. The molecule has 1 amide bonds. The molecule has 114 valence electrons. The van der Waals surface area contributed by atoms with Gasteiger partial charge in [-0.2, -0.15) is 5.10 Å². The van der Waals surface area contributed by atoms with E-state index >= 15 is 0 Å². The number of hydrogen-bond donors (Lipinski definition) is 1. The maximum absolute atomic E-state index is 12.3. The summed E-state index contributed by atoms with van der Waals surface area (Å²) in [4.78, 5) is 12.3. The maximum atomic E-state index is 12.3. The molecule has 0 unspecified atom stereocenters. The van der Waals surface area contributed by atoms with Gasteiger partial charge in [0, 0.05) is 7.05 Å². The van der Waals surface area contributed by atoms with Gasteiger partial charge in [0.2, 0.25) is 5.91 Å². The Morgan fingerprint density at radius 2 is 2.00 bits per heavy atom. The Morgan fingerprint density at radius 1 is 1.33 bits per heavy atom. The molecule has 0 radical (unpaired) electrons. The molecule has 9 heteroatoms. The van der Waals surface area contributed by atoms with Gasteiger partial charge in [0.05, 0.1) is 22.3 Å². The van der Waals surface area contributed by atoms with Crippen molar-refractivity contribution in [1.82, 2.24) is 20.0 Å². The van der Waals surface area contributed by atoms with E-state index in [1.54, 1.807) is 16.4 Å². The van der Waals surface area contributed by atoms with E-state index in [1.165, 1.54) is 23.1 Å². The van der Waals surface area contributed by atoms with Crippen molar-refractivity contribution in [3.8, 4) is 0 Å². The number of anilines is 1. The van der Waals surface area contributed by atoms with E-state index in [-0.39, 0.29) is 11.2 Å². The Hall–Kier alpha value is -1.06. The van der Waals surface area contributed by atoms with Crippen LogP contribution < -0.4 is 5.32 Å². The van der Waals surface area contributed by atoms with Gasteiger partial charge in [-0.05, 0) is 27.0 Å². The highest BCUT2D eigenvalue weighted by atomic mass is 32.2. The number of aromatic nitrogens is 4. The lowest BCUT2D eigenvalue weighted by atomic mass is 10.3. The van der Waals surface area contributed by atoms with Crippen molar-refractivity contribution in [3.05, 3.63) is 11.4 Å². The minimum absolute atomic E-state index is 0.0555. The molecule has 1 N–H and O–H groups in total. The van der Waals surface area contributed by atoms with Crippen LogP contribution in [0.4, 0.5) is 5.69 Å². The number of carbonyl (C=O) groups is 1. The van der Waals surface area contributed by atoms with Crippen LogP contribution in [0.25, 0.3) is 0 Å². The summed E-state index contributed by atoms with van der Waals surface area (Å²) >= 11 is 4.47. The molecule has 0 saturated carbocycles. The number of nitrogens with zero attached hydrogens (tertiary/aromatic N) is 4. The average molecular weight is 344 g/mol. The van der Waals surface area contributed by atoms with Crippen LogP contribution in [-0.4, -0.2) is 37.4 Å². The number of rotatable bonds is 5. The Balaban J connectivity index is 2.02. The molecule has 2 heterocycles. The lowest BCUT2D eigenvalue weighted by Gasteiger charge is -2.10. The van der Waals surface area contributed by atoms with Crippen LogP contribution in [0, 0.1) is 13.8 Å². The van der Waals surface area contributed by atoms with E-state index < -0.39 is 0 Å². The summed E-state index contributed by atoms with van der Waals surface area (Å²) in [5, 5.41) is 15.1. The highest BCUT2D eigenvalue weighted by molar-refractivity contribution is 8.03. The molecule has 0 saturated heterocycles. The smallest absolute Gasteiger partial charge is 0.237 e. The SMILES string of the molecule is CSc1nnc(S[C@H](C)C(=O)Nc2c(C)nn(C)c2C)s1. The first-order valence-electron chi connectivity index (χ1n) is 6.27. The number of amides is 1. The van der Waals surface area contributed by atoms with Crippen molar-refractivity contribution >= 4 is 46.5 Å². The second-order valence-electron chi connectivity index (χ2n) is 4.46. The molecule has 0 aliphatic heterocycles. The maximum Gasteiger partial charge on any atom is 0.237 e. The van der Waals surface area contributed by atoms with E-state index in [4.69, 9.17) is 0 Å². The molecule has 0 aromatic carbocycles. The molecule has 21 heavy (non-hydrogen) atoms. The molecule has 0 fully saturated rings. The highest BCUT2D eigenvalue weighted by Gasteiger charge is 2.20. The van der Waals surface area contributed by atoms with Gasteiger partial charge in [0.1, 0.15) is 0 Å². The summed E-state index contributed by atoms with van der Waals surface area (Å²) in [6, 6.07) is 0. The average Bonchev–Trinajstić information content (AvgIpc) is 2.99. The van der Waals surface area contributed by atoms with E-state index in [2.05, 4.69) is 20.6 Å². The van der Waals surface area contributed by atoms with Crippen LogP contribution in [0.3, 0.4) is 0 Å². The van der Waals surface area contributed by atoms with E-state index in [9.17, 15) is 4.79 Å². The van der Waals surface area contributed by atoms with Crippen LogP contribution in [0.5, 0.6) is 0 Å². The summed E-state index contributed by atoms with van der Waals surface area (Å²) in [6.45, 7) is 5.68. The topological polar surface area (TPSA) is 72.7 Å². The van der Waals surface area contributed by atoms with Crippen LogP contribution in [0.2, 0.25) is 0 Å². The highest BCUT2D eigenvalue weighted by Crippen LogP contribution is 2.31. The Bertz CT molecular complexity index is 651. The van der Waals surface area contributed by atoms with Gasteiger partial charge in [0.25, 0.3) is 0 Å². The third kappa shape index (κ3) is 3.78. The zero-order chi connectivity index (χ0) is 15.6. The Labute approximate surface area is 136 Å². The third-order valence-corrected chi connectivity index (χ3v) is 6.05. The van der Waals surface area contributed by atoms with E-state index in [0.29, 0.717) is 0 Å². The number of thioether (sulfide) groups is 2. The minimum atomic E-state index is -0.244. The molecule has 1 atom stereocenters. The second kappa shape index (κ2) is 6.80. The Morgan fingerprint density at radius 3 is 2.52 bits per heavy atom. The predicted molar refractivity (Wildman–Crippen MR) is 88.3 cm³/mol. The first kappa shape index (κ1) is 16.3. The van der Waals surface area contributed by atoms with Gasteiger partial charge in [0.15, 0.2) is 8.68 Å². The zero-order valence-electron chi connectivity index (χ0n) is 12.5.